The van der Waals surface area contributed by atoms with Crippen LogP contribution >= 0.6 is 0 Å². The molecule has 0 bridgehead atoms. The van der Waals surface area contributed by atoms with E-state index in [1.807, 2.05) is 14.0 Å². The Morgan fingerprint density at radius 3 is 2.39 bits per heavy atom. The van der Waals surface area contributed by atoms with Gasteiger partial charge >= 0.3 is 6.18 Å². The summed E-state index contributed by atoms with van der Waals surface area (Å²) in [6.45, 7) is 4.23. The van der Waals surface area contributed by atoms with Gasteiger partial charge in [0.05, 0.1) is 0 Å². The van der Waals surface area contributed by atoms with Crippen molar-refractivity contribution in [2.75, 3.05) is 44.4 Å². The molecule has 1 aromatic heterocycles. The fraction of sp³-hybridized carbons (Fsp3) is 0.538. The van der Waals surface area contributed by atoms with Gasteiger partial charge in [-0.15, -0.1) is 0 Å². The third-order valence-electron chi connectivity index (χ3n) is 7.24. The van der Waals surface area contributed by atoms with E-state index in [2.05, 4.69) is 37.9 Å². The summed E-state index contributed by atoms with van der Waals surface area (Å²) in [6, 6.07) is 6.59. The fourth-order valence-electron chi connectivity index (χ4n) is 4.80. The van der Waals surface area contributed by atoms with Gasteiger partial charge in [0.2, 0.25) is 11.9 Å². The number of carbonyl (C=O) groups is 2. The molecule has 38 heavy (non-hydrogen) atoms. The number of nitrogens with one attached hydrogen (secondary N) is 3. The molecule has 2 aliphatic rings. The highest BCUT2D eigenvalue weighted by molar-refractivity contribution is 5.94. The molecule has 1 aromatic carbocycles. The zero-order valence-electron chi connectivity index (χ0n) is 21.8. The van der Waals surface area contributed by atoms with Crippen molar-refractivity contribution in [3.8, 4) is 0 Å². The Bertz CT molecular complexity index is 1130. The smallest absolute Gasteiger partial charge is 0.367 e. The van der Waals surface area contributed by atoms with Crippen LogP contribution in [0.5, 0.6) is 0 Å². The highest BCUT2D eigenvalue weighted by Gasteiger charge is 2.39. The van der Waals surface area contributed by atoms with Gasteiger partial charge in [0, 0.05) is 49.0 Å². The van der Waals surface area contributed by atoms with E-state index in [4.69, 9.17) is 0 Å². The molecular formula is C26H34F3N7O2. The quantitative estimate of drug-likeness (QED) is 0.475. The zero-order chi connectivity index (χ0) is 27.4. The van der Waals surface area contributed by atoms with Crippen molar-refractivity contribution < 1.29 is 22.8 Å². The maximum Gasteiger partial charge on any atom is 0.421 e. The third-order valence-corrected chi connectivity index (χ3v) is 7.24. The van der Waals surface area contributed by atoms with E-state index in [9.17, 15) is 22.8 Å². The van der Waals surface area contributed by atoms with Gasteiger partial charge in [-0.3, -0.25) is 9.59 Å². The molecule has 1 saturated carbocycles. The summed E-state index contributed by atoms with van der Waals surface area (Å²) >= 11 is 0. The number of hydrogen-bond donors (Lipinski definition) is 3. The first-order valence-electron chi connectivity index (χ1n) is 12.9. The van der Waals surface area contributed by atoms with E-state index in [1.54, 1.807) is 29.2 Å². The summed E-state index contributed by atoms with van der Waals surface area (Å²) < 4.78 is 40.7. The van der Waals surface area contributed by atoms with Crippen molar-refractivity contribution in [1.82, 2.24) is 25.1 Å². The van der Waals surface area contributed by atoms with Gasteiger partial charge in [0.25, 0.3) is 5.91 Å². The lowest BCUT2D eigenvalue weighted by Crippen LogP contribution is -2.44. The van der Waals surface area contributed by atoms with Crippen LogP contribution in [-0.4, -0.2) is 77.4 Å². The normalized spacial score (nSPS) is 20.4. The first kappa shape index (κ1) is 27.6. The van der Waals surface area contributed by atoms with Crippen molar-refractivity contribution in [3.05, 3.63) is 41.6 Å². The lowest BCUT2D eigenvalue weighted by molar-refractivity contribution is -0.137. The van der Waals surface area contributed by atoms with Crippen LogP contribution in [0.4, 0.5) is 30.6 Å². The molecule has 2 amide bonds. The SMILES string of the molecule is CCNC(=O)[C@H]1C[C@@H](Nc2nc(Nc3ccc(C(=O)N(C)C4CCN(C)CC4)cc3)ncc2C(F)(F)F)C1. The van der Waals surface area contributed by atoms with Crippen LogP contribution < -0.4 is 16.0 Å². The second-order valence-corrected chi connectivity index (χ2v) is 10.0. The van der Waals surface area contributed by atoms with E-state index in [-0.39, 0.29) is 41.6 Å². The average molecular weight is 534 g/mol. The molecule has 9 nitrogen and oxygen atoms in total. The van der Waals surface area contributed by atoms with Gasteiger partial charge in [-0.2, -0.15) is 18.2 Å². The Morgan fingerprint density at radius 2 is 1.79 bits per heavy atom. The number of carbonyl (C=O) groups excluding carboxylic acids is 2. The average Bonchev–Trinajstić information content (AvgIpc) is 2.85. The monoisotopic (exact) mass is 533 g/mol. The van der Waals surface area contributed by atoms with Crippen LogP contribution in [0.3, 0.4) is 0 Å². The minimum Gasteiger partial charge on any atom is -0.367 e. The summed E-state index contributed by atoms with van der Waals surface area (Å²) in [4.78, 5) is 36.8. The Morgan fingerprint density at radius 1 is 1.13 bits per heavy atom. The van der Waals surface area contributed by atoms with Gasteiger partial charge in [0.1, 0.15) is 11.4 Å². The highest BCUT2D eigenvalue weighted by Crippen LogP contribution is 2.37. The van der Waals surface area contributed by atoms with Crippen molar-refractivity contribution in [3.63, 3.8) is 0 Å². The van der Waals surface area contributed by atoms with Crippen LogP contribution in [-0.2, 0) is 11.0 Å². The van der Waals surface area contributed by atoms with Crippen LogP contribution in [0, 0.1) is 5.92 Å². The van der Waals surface area contributed by atoms with Crippen LogP contribution in [0.1, 0.15) is 48.5 Å². The molecule has 206 valence electrons. The molecule has 0 spiro atoms. The molecule has 12 heteroatoms. The molecule has 1 saturated heterocycles. The lowest BCUT2D eigenvalue weighted by atomic mass is 9.79. The van der Waals surface area contributed by atoms with Crippen molar-refractivity contribution in [1.29, 1.82) is 0 Å². The molecule has 0 atom stereocenters. The van der Waals surface area contributed by atoms with E-state index >= 15 is 0 Å². The molecule has 2 aromatic rings. The molecule has 3 N–H and O–H groups in total. The molecule has 4 rings (SSSR count). The molecular weight excluding hydrogens is 499 g/mol. The molecule has 1 aliphatic carbocycles. The number of aromatic nitrogens is 2. The maximum absolute atomic E-state index is 13.6. The predicted molar refractivity (Wildman–Crippen MR) is 138 cm³/mol. The maximum atomic E-state index is 13.6. The largest absolute Gasteiger partial charge is 0.421 e. The first-order valence-corrected chi connectivity index (χ1v) is 12.9. The summed E-state index contributed by atoms with van der Waals surface area (Å²) in [6.07, 6.45) is -1.19. The lowest BCUT2D eigenvalue weighted by Gasteiger charge is -2.35. The summed E-state index contributed by atoms with van der Waals surface area (Å²) in [5.74, 6) is -0.731. The highest BCUT2D eigenvalue weighted by atomic mass is 19.4. The number of anilines is 3. The Hall–Kier alpha value is -3.41. The second-order valence-electron chi connectivity index (χ2n) is 10.0. The Kier molecular flexibility index (Phi) is 8.39. The number of alkyl halides is 3. The molecule has 1 aliphatic heterocycles. The zero-order valence-corrected chi connectivity index (χ0v) is 21.8. The minimum atomic E-state index is -4.63. The molecule has 0 unspecified atom stereocenters. The van der Waals surface area contributed by atoms with E-state index < -0.39 is 11.7 Å². The van der Waals surface area contributed by atoms with Crippen molar-refractivity contribution in [2.24, 2.45) is 5.92 Å². The third kappa shape index (κ3) is 6.53. The van der Waals surface area contributed by atoms with Gasteiger partial charge in [-0.1, -0.05) is 0 Å². The summed E-state index contributed by atoms with van der Waals surface area (Å²) in [5, 5.41) is 8.48. The molecule has 0 radical (unpaired) electrons. The first-order chi connectivity index (χ1) is 18.0. The van der Waals surface area contributed by atoms with E-state index in [1.165, 1.54) is 0 Å². The van der Waals surface area contributed by atoms with Crippen molar-refractivity contribution >= 4 is 29.3 Å². The van der Waals surface area contributed by atoms with E-state index in [0.29, 0.717) is 30.6 Å². The Labute approximate surface area is 220 Å². The molecule has 2 fully saturated rings. The van der Waals surface area contributed by atoms with E-state index in [0.717, 1.165) is 32.1 Å². The number of likely N-dealkylation sites (tertiary alicyclic amines) is 1. The number of benzene rings is 1. The number of rotatable bonds is 8. The standard InChI is InChI=1S/C26H34F3N7O2/c1-4-30-23(37)17-13-19(14-17)32-22-21(26(27,28)29)15-31-25(34-22)33-18-7-5-16(6-8-18)24(38)36(3)20-9-11-35(2)12-10-20/h5-8,15,17,19-20H,4,9-14H2,1-3H3,(H,30,37)(H2,31,32,33,34)/t17-,19+. The predicted octanol–water partition coefficient (Wildman–Crippen LogP) is 3.73. The number of hydrogen-bond acceptors (Lipinski definition) is 7. The van der Waals surface area contributed by atoms with Gasteiger partial charge < -0.3 is 25.8 Å². The Balaban J connectivity index is 1.41. The van der Waals surface area contributed by atoms with Gasteiger partial charge in [0.15, 0.2) is 0 Å². The summed E-state index contributed by atoms with van der Waals surface area (Å²) in [7, 11) is 3.88. The topological polar surface area (TPSA) is 102 Å². The number of piperidine rings is 1. The number of amides is 2. The van der Waals surface area contributed by atoms with Crippen LogP contribution in [0.15, 0.2) is 30.5 Å². The number of halogens is 3. The van der Waals surface area contributed by atoms with Gasteiger partial charge in [-0.05, 0) is 77.0 Å². The van der Waals surface area contributed by atoms with Gasteiger partial charge in [-0.25, -0.2) is 4.98 Å². The molecule has 2 heterocycles. The van der Waals surface area contributed by atoms with Crippen molar-refractivity contribution in [2.45, 2.75) is 50.9 Å². The minimum absolute atomic E-state index is 0.0115. The fourth-order valence-corrected chi connectivity index (χ4v) is 4.80. The number of nitrogens with zero attached hydrogens (tertiary/aromatic N) is 4. The van der Waals surface area contributed by atoms with Crippen LogP contribution in [0.25, 0.3) is 0 Å². The second kappa shape index (κ2) is 11.5. The summed E-state index contributed by atoms with van der Waals surface area (Å²) in [5.41, 5.74) is 0.0934. The van der Waals surface area contributed by atoms with Crippen LogP contribution in [0.2, 0.25) is 0 Å².